The van der Waals surface area contributed by atoms with Gasteiger partial charge in [-0.25, -0.2) is 4.39 Å². The number of benzene rings is 1. The SMILES string of the molecule is Cl.NCC1CCCCN1CCOc1ccccc1F. The Morgan fingerprint density at radius 2 is 2.11 bits per heavy atom. The summed E-state index contributed by atoms with van der Waals surface area (Å²) in [6.07, 6.45) is 3.64. The summed E-state index contributed by atoms with van der Waals surface area (Å²) in [6, 6.07) is 6.98. The van der Waals surface area contributed by atoms with Crippen LogP contribution in [0.15, 0.2) is 24.3 Å². The number of hydrogen-bond donors (Lipinski definition) is 1. The monoisotopic (exact) mass is 288 g/mol. The third-order valence-corrected chi connectivity index (χ3v) is 3.49. The van der Waals surface area contributed by atoms with Crippen molar-refractivity contribution in [3.63, 3.8) is 0 Å². The van der Waals surface area contributed by atoms with E-state index in [9.17, 15) is 4.39 Å². The van der Waals surface area contributed by atoms with Gasteiger partial charge in [0.05, 0.1) is 0 Å². The quantitative estimate of drug-likeness (QED) is 0.904. The summed E-state index contributed by atoms with van der Waals surface area (Å²) in [7, 11) is 0. The van der Waals surface area contributed by atoms with Gasteiger partial charge in [-0.1, -0.05) is 18.6 Å². The molecule has 0 spiro atoms. The molecule has 1 aromatic rings. The number of rotatable bonds is 5. The first kappa shape index (κ1) is 16.2. The molecule has 0 bridgehead atoms. The second-order valence-electron chi connectivity index (χ2n) is 4.70. The molecule has 0 aliphatic carbocycles. The van der Waals surface area contributed by atoms with Crippen LogP contribution >= 0.6 is 12.4 Å². The average Bonchev–Trinajstić information content (AvgIpc) is 2.41. The maximum atomic E-state index is 13.3. The van der Waals surface area contributed by atoms with E-state index in [1.165, 1.54) is 18.9 Å². The fraction of sp³-hybridized carbons (Fsp3) is 0.571. The van der Waals surface area contributed by atoms with Gasteiger partial charge in [-0.15, -0.1) is 12.4 Å². The van der Waals surface area contributed by atoms with Crippen LogP contribution in [-0.2, 0) is 0 Å². The number of hydrogen-bond acceptors (Lipinski definition) is 3. The minimum absolute atomic E-state index is 0. The van der Waals surface area contributed by atoms with Crippen molar-refractivity contribution in [3.05, 3.63) is 30.1 Å². The van der Waals surface area contributed by atoms with Crippen LogP contribution in [0, 0.1) is 5.82 Å². The highest BCUT2D eigenvalue weighted by Gasteiger charge is 2.20. The predicted octanol–water partition coefficient (Wildman–Crippen LogP) is 2.44. The summed E-state index contributed by atoms with van der Waals surface area (Å²) in [5, 5.41) is 0. The highest BCUT2D eigenvalue weighted by atomic mass is 35.5. The molecule has 1 heterocycles. The van der Waals surface area contributed by atoms with E-state index in [1.54, 1.807) is 18.2 Å². The highest BCUT2D eigenvalue weighted by molar-refractivity contribution is 5.85. The molecule has 2 N–H and O–H groups in total. The molecule has 1 saturated heterocycles. The molecule has 1 aliphatic rings. The lowest BCUT2D eigenvalue weighted by Crippen LogP contribution is -2.45. The van der Waals surface area contributed by atoms with Crippen LogP contribution in [0.4, 0.5) is 4.39 Å². The van der Waals surface area contributed by atoms with Crippen molar-refractivity contribution in [1.82, 2.24) is 4.90 Å². The molecule has 108 valence electrons. The van der Waals surface area contributed by atoms with Gasteiger partial charge in [-0.2, -0.15) is 0 Å². The number of nitrogens with zero attached hydrogens (tertiary/aromatic N) is 1. The summed E-state index contributed by atoms with van der Waals surface area (Å²) in [5.41, 5.74) is 5.76. The Morgan fingerprint density at radius 3 is 2.84 bits per heavy atom. The molecule has 2 rings (SSSR count). The van der Waals surface area contributed by atoms with Crippen molar-refractivity contribution in [2.75, 3.05) is 26.2 Å². The van der Waals surface area contributed by atoms with Gasteiger partial charge < -0.3 is 10.5 Å². The summed E-state index contributed by atoms with van der Waals surface area (Å²) < 4.78 is 18.8. The van der Waals surface area contributed by atoms with E-state index >= 15 is 0 Å². The van der Waals surface area contributed by atoms with Gasteiger partial charge in [-0.05, 0) is 31.5 Å². The van der Waals surface area contributed by atoms with Gasteiger partial charge >= 0.3 is 0 Å². The van der Waals surface area contributed by atoms with E-state index in [2.05, 4.69) is 4.90 Å². The number of para-hydroxylation sites is 1. The summed E-state index contributed by atoms with van der Waals surface area (Å²) >= 11 is 0. The minimum Gasteiger partial charge on any atom is -0.489 e. The van der Waals surface area contributed by atoms with Crippen LogP contribution in [0.3, 0.4) is 0 Å². The summed E-state index contributed by atoms with van der Waals surface area (Å²) in [4.78, 5) is 2.35. The molecule has 0 saturated carbocycles. The molecule has 1 unspecified atom stereocenters. The van der Waals surface area contributed by atoms with Gasteiger partial charge in [0.2, 0.25) is 0 Å². The van der Waals surface area contributed by atoms with Crippen molar-refractivity contribution < 1.29 is 9.13 Å². The van der Waals surface area contributed by atoms with Crippen molar-refractivity contribution in [2.24, 2.45) is 5.73 Å². The zero-order valence-corrected chi connectivity index (χ0v) is 11.9. The number of halogens is 2. The van der Waals surface area contributed by atoms with Crippen molar-refractivity contribution >= 4 is 12.4 Å². The van der Waals surface area contributed by atoms with Crippen molar-refractivity contribution in [1.29, 1.82) is 0 Å². The second-order valence-corrected chi connectivity index (χ2v) is 4.70. The highest BCUT2D eigenvalue weighted by Crippen LogP contribution is 2.17. The van der Waals surface area contributed by atoms with Gasteiger partial charge in [0.15, 0.2) is 11.6 Å². The maximum absolute atomic E-state index is 13.3. The first-order valence-electron chi connectivity index (χ1n) is 6.62. The topological polar surface area (TPSA) is 38.5 Å². The molecule has 1 atom stereocenters. The van der Waals surface area contributed by atoms with Crippen LogP contribution in [0.25, 0.3) is 0 Å². The van der Waals surface area contributed by atoms with E-state index in [0.29, 0.717) is 24.9 Å². The zero-order chi connectivity index (χ0) is 12.8. The lowest BCUT2D eigenvalue weighted by atomic mass is 10.0. The molecule has 5 heteroatoms. The summed E-state index contributed by atoms with van der Waals surface area (Å²) in [6.45, 7) is 3.09. The predicted molar refractivity (Wildman–Crippen MR) is 77.4 cm³/mol. The Balaban J connectivity index is 0.00000180. The molecule has 1 fully saturated rings. The number of piperidine rings is 1. The standard InChI is InChI=1S/C14H21FN2O.ClH/c15-13-6-1-2-7-14(13)18-10-9-17-8-4-3-5-12(17)11-16;/h1-2,6-7,12H,3-5,8-11,16H2;1H. The third-order valence-electron chi connectivity index (χ3n) is 3.49. The van der Waals surface area contributed by atoms with E-state index < -0.39 is 0 Å². The fourth-order valence-corrected chi connectivity index (χ4v) is 2.46. The first-order valence-corrected chi connectivity index (χ1v) is 6.62. The molecule has 0 radical (unpaired) electrons. The number of ether oxygens (including phenoxy) is 1. The van der Waals surface area contributed by atoms with Crippen molar-refractivity contribution in [3.8, 4) is 5.75 Å². The largest absolute Gasteiger partial charge is 0.489 e. The molecular formula is C14H22ClFN2O. The molecule has 0 amide bonds. The Morgan fingerprint density at radius 1 is 1.32 bits per heavy atom. The molecule has 1 aromatic carbocycles. The van der Waals surface area contributed by atoms with E-state index in [1.807, 2.05) is 0 Å². The first-order chi connectivity index (χ1) is 8.81. The minimum atomic E-state index is -0.300. The number of nitrogens with two attached hydrogens (primary N) is 1. The zero-order valence-electron chi connectivity index (χ0n) is 11.1. The summed E-state index contributed by atoms with van der Waals surface area (Å²) in [5.74, 6) is 0.0327. The Kier molecular flexibility index (Phi) is 7.13. The maximum Gasteiger partial charge on any atom is 0.165 e. The molecular weight excluding hydrogens is 267 g/mol. The van der Waals surface area contributed by atoms with Crippen LogP contribution in [0.2, 0.25) is 0 Å². The third kappa shape index (κ3) is 4.64. The van der Waals surface area contributed by atoms with Gasteiger partial charge in [-0.3, -0.25) is 4.90 Å². The average molecular weight is 289 g/mol. The normalized spacial score (nSPS) is 19.8. The lowest BCUT2D eigenvalue weighted by Gasteiger charge is -2.34. The van der Waals surface area contributed by atoms with E-state index in [-0.39, 0.29) is 18.2 Å². The van der Waals surface area contributed by atoms with Crippen molar-refractivity contribution in [2.45, 2.75) is 25.3 Å². The molecule has 0 aromatic heterocycles. The van der Waals surface area contributed by atoms with Gasteiger partial charge in [0, 0.05) is 19.1 Å². The van der Waals surface area contributed by atoms with E-state index in [0.717, 1.165) is 19.5 Å². The second kappa shape index (κ2) is 8.35. The van der Waals surface area contributed by atoms with Gasteiger partial charge in [0.1, 0.15) is 6.61 Å². The van der Waals surface area contributed by atoms with Crippen LogP contribution in [0.1, 0.15) is 19.3 Å². The Hall–Kier alpha value is -0.840. The van der Waals surface area contributed by atoms with Crippen LogP contribution < -0.4 is 10.5 Å². The van der Waals surface area contributed by atoms with E-state index in [4.69, 9.17) is 10.5 Å². The van der Waals surface area contributed by atoms with Gasteiger partial charge in [0.25, 0.3) is 0 Å². The number of likely N-dealkylation sites (tertiary alicyclic amines) is 1. The Bertz CT molecular complexity index is 378. The molecule has 19 heavy (non-hydrogen) atoms. The smallest absolute Gasteiger partial charge is 0.165 e. The van der Waals surface area contributed by atoms with Crippen LogP contribution in [-0.4, -0.2) is 37.2 Å². The fourth-order valence-electron chi connectivity index (χ4n) is 2.46. The molecule has 3 nitrogen and oxygen atoms in total. The van der Waals surface area contributed by atoms with Crippen LogP contribution in [0.5, 0.6) is 5.75 Å². The Labute approximate surface area is 120 Å². The lowest BCUT2D eigenvalue weighted by molar-refractivity contribution is 0.126. The molecule has 1 aliphatic heterocycles.